The maximum absolute atomic E-state index is 12.6. The molecule has 166 valence electrons. The predicted molar refractivity (Wildman–Crippen MR) is 129 cm³/mol. The average Bonchev–Trinajstić information content (AvgIpc) is 3.12. The number of aryl methyl sites for hydroxylation is 2. The molecule has 1 heterocycles. The Labute approximate surface area is 196 Å². The predicted octanol–water partition coefficient (Wildman–Crippen LogP) is 4.65. The van der Waals surface area contributed by atoms with Crippen molar-refractivity contribution in [3.05, 3.63) is 77.1 Å². The molecule has 0 spiro atoms. The summed E-state index contributed by atoms with van der Waals surface area (Å²) in [6.45, 7) is 8.15. The molecule has 2 amide bonds. The van der Waals surface area contributed by atoms with E-state index in [1.165, 1.54) is 11.8 Å². The average molecular weight is 470 g/mol. The summed E-state index contributed by atoms with van der Waals surface area (Å²) >= 11 is 7.11. The van der Waals surface area contributed by atoms with E-state index >= 15 is 0 Å². The number of benzene rings is 2. The number of carbonyl (C=O) groups excluding carboxylic acids is 2. The number of nitrogens with zero attached hydrogens (tertiary/aromatic N) is 3. The van der Waals surface area contributed by atoms with Crippen molar-refractivity contribution >= 4 is 46.6 Å². The Morgan fingerprint density at radius 1 is 1.09 bits per heavy atom. The van der Waals surface area contributed by atoms with Gasteiger partial charge in [0.05, 0.1) is 12.2 Å². The summed E-state index contributed by atoms with van der Waals surface area (Å²) in [5, 5.41) is 15.2. The quantitative estimate of drug-likeness (QED) is 0.352. The summed E-state index contributed by atoms with van der Waals surface area (Å²) < 4.78 is 1.79. The molecule has 7 nitrogen and oxygen atoms in total. The van der Waals surface area contributed by atoms with Crippen LogP contribution < -0.4 is 10.6 Å². The van der Waals surface area contributed by atoms with Crippen molar-refractivity contribution in [3.8, 4) is 0 Å². The Morgan fingerprint density at radius 2 is 1.84 bits per heavy atom. The Balaban J connectivity index is 1.62. The third-order valence-electron chi connectivity index (χ3n) is 4.54. The van der Waals surface area contributed by atoms with E-state index in [4.69, 9.17) is 11.6 Å². The lowest BCUT2D eigenvalue weighted by Crippen LogP contribution is -2.18. The smallest absolute Gasteiger partial charge is 0.234 e. The van der Waals surface area contributed by atoms with E-state index in [9.17, 15) is 9.59 Å². The summed E-state index contributed by atoms with van der Waals surface area (Å²) in [7, 11) is 0. The Hall–Kier alpha value is -3.10. The second kappa shape index (κ2) is 11.0. The fraction of sp³-hybridized carbons (Fsp3) is 0.217. The van der Waals surface area contributed by atoms with E-state index in [0.717, 1.165) is 16.8 Å². The maximum atomic E-state index is 12.6. The zero-order valence-corrected chi connectivity index (χ0v) is 19.5. The number of halogens is 1. The molecule has 0 atom stereocenters. The van der Waals surface area contributed by atoms with E-state index in [2.05, 4.69) is 27.4 Å². The number of carbonyl (C=O) groups is 2. The molecule has 0 saturated heterocycles. The number of anilines is 2. The van der Waals surface area contributed by atoms with Crippen molar-refractivity contribution in [3.63, 3.8) is 0 Å². The van der Waals surface area contributed by atoms with Crippen molar-refractivity contribution in [1.29, 1.82) is 0 Å². The van der Waals surface area contributed by atoms with Crippen molar-refractivity contribution in [2.45, 2.75) is 32.0 Å². The van der Waals surface area contributed by atoms with Gasteiger partial charge >= 0.3 is 0 Å². The van der Waals surface area contributed by atoms with Crippen LogP contribution in [0, 0.1) is 13.8 Å². The number of aromatic nitrogens is 3. The summed E-state index contributed by atoms with van der Waals surface area (Å²) in [6, 6.07) is 12.7. The van der Waals surface area contributed by atoms with Crippen LogP contribution in [0.4, 0.5) is 11.4 Å². The molecular formula is C23H24ClN5O2S. The Kier molecular flexibility index (Phi) is 8.08. The van der Waals surface area contributed by atoms with Gasteiger partial charge in [-0.3, -0.25) is 9.59 Å². The van der Waals surface area contributed by atoms with Crippen LogP contribution in [0.2, 0.25) is 5.02 Å². The molecule has 0 unspecified atom stereocenters. The van der Waals surface area contributed by atoms with Crippen molar-refractivity contribution in [1.82, 2.24) is 14.8 Å². The highest BCUT2D eigenvalue weighted by Crippen LogP contribution is 2.20. The molecule has 0 fully saturated rings. The number of hydrogen-bond acceptors (Lipinski definition) is 5. The third kappa shape index (κ3) is 6.45. The van der Waals surface area contributed by atoms with Crippen LogP contribution in [0.15, 0.2) is 60.3 Å². The molecule has 3 aromatic rings. The number of hydrogen-bond donors (Lipinski definition) is 2. The standard InChI is InChI=1S/C23H24ClN5O2S/c1-4-11-29-20(13-21(30)26-19-10-5-15(2)12-16(19)3)27-28-23(29)32-14-22(31)25-18-8-6-17(24)7-9-18/h4-10,12H,1,11,13-14H2,2-3H3,(H,25,31)(H,26,30). The van der Waals surface area contributed by atoms with Crippen molar-refractivity contribution in [2.75, 3.05) is 16.4 Å². The molecule has 0 saturated carbocycles. The third-order valence-corrected chi connectivity index (χ3v) is 5.76. The zero-order chi connectivity index (χ0) is 23.1. The second-order valence-electron chi connectivity index (χ2n) is 7.19. The first-order valence-corrected chi connectivity index (χ1v) is 11.3. The number of rotatable bonds is 9. The maximum Gasteiger partial charge on any atom is 0.234 e. The monoisotopic (exact) mass is 469 g/mol. The highest BCUT2D eigenvalue weighted by Gasteiger charge is 2.17. The molecular weight excluding hydrogens is 446 g/mol. The fourth-order valence-electron chi connectivity index (χ4n) is 3.02. The minimum Gasteiger partial charge on any atom is -0.325 e. The van der Waals surface area contributed by atoms with Crippen LogP contribution >= 0.6 is 23.4 Å². The molecule has 1 aromatic heterocycles. The van der Waals surface area contributed by atoms with Gasteiger partial charge in [-0.25, -0.2) is 0 Å². The first-order chi connectivity index (χ1) is 15.4. The summed E-state index contributed by atoms with van der Waals surface area (Å²) in [6.07, 6.45) is 1.76. The first-order valence-electron chi connectivity index (χ1n) is 9.94. The van der Waals surface area contributed by atoms with Crippen LogP contribution in [-0.4, -0.2) is 32.3 Å². The van der Waals surface area contributed by atoms with Gasteiger partial charge in [0.25, 0.3) is 0 Å². The van der Waals surface area contributed by atoms with E-state index in [1.807, 2.05) is 32.0 Å². The van der Waals surface area contributed by atoms with Gasteiger partial charge < -0.3 is 15.2 Å². The van der Waals surface area contributed by atoms with Gasteiger partial charge in [-0.1, -0.05) is 47.1 Å². The highest BCUT2D eigenvalue weighted by molar-refractivity contribution is 7.99. The molecule has 3 rings (SSSR count). The fourth-order valence-corrected chi connectivity index (χ4v) is 3.91. The lowest BCUT2D eigenvalue weighted by molar-refractivity contribution is -0.116. The minimum absolute atomic E-state index is 0.0612. The first kappa shape index (κ1) is 23.6. The summed E-state index contributed by atoms with van der Waals surface area (Å²) in [5.74, 6) is 0.284. The lowest BCUT2D eigenvalue weighted by atomic mass is 10.1. The van der Waals surface area contributed by atoms with E-state index in [-0.39, 0.29) is 24.0 Å². The molecule has 2 N–H and O–H groups in total. The van der Waals surface area contributed by atoms with Crippen LogP contribution in [0.5, 0.6) is 0 Å². The SMILES string of the molecule is C=CCn1c(CC(=O)Nc2ccc(C)cc2C)nnc1SCC(=O)Nc1ccc(Cl)cc1. The highest BCUT2D eigenvalue weighted by atomic mass is 35.5. The molecule has 0 radical (unpaired) electrons. The summed E-state index contributed by atoms with van der Waals surface area (Å²) in [4.78, 5) is 24.9. The molecule has 0 bridgehead atoms. The normalized spacial score (nSPS) is 10.6. The number of allylic oxidation sites excluding steroid dienone is 1. The van der Waals surface area contributed by atoms with Gasteiger partial charge in [0.2, 0.25) is 11.8 Å². The van der Waals surface area contributed by atoms with Crippen LogP contribution in [0.25, 0.3) is 0 Å². The van der Waals surface area contributed by atoms with E-state index in [1.54, 1.807) is 34.9 Å². The zero-order valence-electron chi connectivity index (χ0n) is 17.9. The number of nitrogens with one attached hydrogen (secondary N) is 2. The van der Waals surface area contributed by atoms with Gasteiger partial charge in [-0.05, 0) is 49.7 Å². The van der Waals surface area contributed by atoms with E-state index < -0.39 is 0 Å². The second-order valence-corrected chi connectivity index (χ2v) is 8.56. The van der Waals surface area contributed by atoms with Gasteiger partial charge in [0, 0.05) is 22.9 Å². The van der Waals surface area contributed by atoms with Gasteiger partial charge in [0.1, 0.15) is 5.82 Å². The van der Waals surface area contributed by atoms with Crippen LogP contribution in [-0.2, 0) is 22.6 Å². The molecule has 0 aliphatic heterocycles. The van der Waals surface area contributed by atoms with E-state index in [0.29, 0.717) is 28.2 Å². The van der Waals surface area contributed by atoms with Crippen molar-refractivity contribution in [2.24, 2.45) is 0 Å². The van der Waals surface area contributed by atoms with Crippen LogP contribution in [0.1, 0.15) is 17.0 Å². The Morgan fingerprint density at radius 3 is 2.53 bits per heavy atom. The largest absolute Gasteiger partial charge is 0.325 e. The number of amides is 2. The van der Waals surface area contributed by atoms with Gasteiger partial charge in [-0.15, -0.1) is 16.8 Å². The topological polar surface area (TPSA) is 88.9 Å². The van der Waals surface area contributed by atoms with Crippen molar-refractivity contribution < 1.29 is 9.59 Å². The van der Waals surface area contributed by atoms with Gasteiger partial charge in [0.15, 0.2) is 5.16 Å². The molecule has 0 aliphatic carbocycles. The molecule has 32 heavy (non-hydrogen) atoms. The number of thioether (sulfide) groups is 1. The van der Waals surface area contributed by atoms with Crippen LogP contribution in [0.3, 0.4) is 0 Å². The minimum atomic E-state index is -0.188. The molecule has 9 heteroatoms. The Bertz CT molecular complexity index is 1130. The van der Waals surface area contributed by atoms with Gasteiger partial charge in [-0.2, -0.15) is 0 Å². The molecule has 2 aromatic carbocycles. The molecule has 0 aliphatic rings. The lowest BCUT2D eigenvalue weighted by Gasteiger charge is -2.10. The summed E-state index contributed by atoms with van der Waals surface area (Å²) in [5.41, 5.74) is 3.56.